The number of carboxylic acid groups (broad SMARTS) is 1. The zero-order valence-electron chi connectivity index (χ0n) is 9.87. The van der Waals surface area contributed by atoms with Gasteiger partial charge in [0.05, 0.1) is 6.54 Å². The number of hydrogen-bond donors (Lipinski definition) is 1. The number of fused-ring (bicyclic) bond motifs is 1. The first-order valence-corrected chi connectivity index (χ1v) is 5.71. The van der Waals surface area contributed by atoms with Gasteiger partial charge in [0.2, 0.25) is 0 Å². The fourth-order valence-corrected chi connectivity index (χ4v) is 2.12. The first-order valence-electron chi connectivity index (χ1n) is 5.71. The highest BCUT2D eigenvalue weighted by Crippen LogP contribution is 2.24. The molecule has 1 amide bonds. The lowest BCUT2D eigenvalue weighted by Crippen LogP contribution is -2.22. The Morgan fingerprint density at radius 3 is 2.89 bits per heavy atom. The van der Waals surface area contributed by atoms with E-state index in [0.29, 0.717) is 17.9 Å². The minimum absolute atomic E-state index is 0.0797. The van der Waals surface area contributed by atoms with Gasteiger partial charge < -0.3 is 14.5 Å². The van der Waals surface area contributed by atoms with Crippen LogP contribution in [0, 0.1) is 0 Å². The molecule has 0 unspecified atom stereocenters. The van der Waals surface area contributed by atoms with Gasteiger partial charge in [-0.3, -0.25) is 4.79 Å². The first kappa shape index (κ1) is 11.5. The highest BCUT2D eigenvalue weighted by atomic mass is 16.5. The average molecular weight is 258 g/mol. The van der Waals surface area contributed by atoms with Crippen LogP contribution in [0.15, 0.2) is 34.9 Å². The van der Waals surface area contributed by atoms with Crippen molar-refractivity contribution in [3.63, 3.8) is 0 Å². The van der Waals surface area contributed by atoms with Crippen LogP contribution in [0.3, 0.4) is 0 Å². The Labute approximate surface area is 108 Å². The number of carbonyl (C=O) groups is 2. The van der Waals surface area contributed by atoms with Crippen LogP contribution in [0.2, 0.25) is 0 Å². The van der Waals surface area contributed by atoms with E-state index in [1.165, 1.54) is 6.07 Å². The van der Waals surface area contributed by atoms with E-state index in [9.17, 15) is 9.59 Å². The molecule has 6 nitrogen and oxygen atoms in total. The Morgan fingerprint density at radius 1 is 1.42 bits per heavy atom. The van der Waals surface area contributed by atoms with Crippen molar-refractivity contribution >= 4 is 11.9 Å². The molecule has 0 bridgehead atoms. The topological polar surface area (TPSA) is 83.6 Å². The number of hydrogen-bond acceptors (Lipinski definition) is 4. The number of carbonyl (C=O) groups excluding carboxylic acids is 1. The molecular formula is C13H10N2O4. The fourth-order valence-electron chi connectivity index (χ4n) is 2.12. The van der Waals surface area contributed by atoms with Crippen LogP contribution < -0.4 is 0 Å². The van der Waals surface area contributed by atoms with Crippen LogP contribution >= 0.6 is 0 Å². The summed E-state index contributed by atoms with van der Waals surface area (Å²) < 4.78 is 4.91. The normalized spacial score (nSPS) is 13.7. The molecule has 3 rings (SSSR count). The van der Waals surface area contributed by atoms with Crippen molar-refractivity contribution in [1.29, 1.82) is 0 Å². The third kappa shape index (κ3) is 1.97. The Balaban J connectivity index is 1.79. The molecule has 0 radical (unpaired) electrons. The zero-order chi connectivity index (χ0) is 13.4. The van der Waals surface area contributed by atoms with E-state index >= 15 is 0 Å². The van der Waals surface area contributed by atoms with Gasteiger partial charge in [-0.1, -0.05) is 23.4 Å². The third-order valence-corrected chi connectivity index (χ3v) is 3.02. The largest absolute Gasteiger partial charge is 0.476 e. The molecule has 6 heteroatoms. The van der Waals surface area contributed by atoms with Gasteiger partial charge in [0, 0.05) is 18.2 Å². The highest BCUT2D eigenvalue weighted by molar-refractivity contribution is 5.98. The SMILES string of the molecule is O=C(O)c1cc(CN2Cc3ccccc3C2=O)on1. The maximum atomic E-state index is 12.1. The molecule has 1 aliphatic rings. The molecule has 2 heterocycles. The van der Waals surface area contributed by atoms with E-state index in [1.54, 1.807) is 11.0 Å². The van der Waals surface area contributed by atoms with Crippen molar-refractivity contribution in [2.45, 2.75) is 13.1 Å². The van der Waals surface area contributed by atoms with Crippen molar-refractivity contribution in [2.24, 2.45) is 0 Å². The number of amides is 1. The molecule has 1 aliphatic heterocycles. The third-order valence-electron chi connectivity index (χ3n) is 3.02. The van der Waals surface area contributed by atoms with Crippen LogP contribution in [0.4, 0.5) is 0 Å². The van der Waals surface area contributed by atoms with Gasteiger partial charge >= 0.3 is 5.97 Å². The molecule has 0 spiro atoms. The van der Waals surface area contributed by atoms with Crippen molar-refractivity contribution in [3.8, 4) is 0 Å². The molecule has 0 fully saturated rings. The number of rotatable bonds is 3. The summed E-state index contributed by atoms with van der Waals surface area (Å²) in [5, 5.41) is 12.2. The molecule has 96 valence electrons. The van der Waals surface area contributed by atoms with Crippen LogP contribution in [0.5, 0.6) is 0 Å². The van der Waals surface area contributed by atoms with Crippen LogP contribution in [0.1, 0.15) is 32.2 Å². The quantitative estimate of drug-likeness (QED) is 0.902. The van der Waals surface area contributed by atoms with E-state index < -0.39 is 5.97 Å². The van der Waals surface area contributed by atoms with Crippen LogP contribution in [-0.4, -0.2) is 27.0 Å². The molecule has 1 N–H and O–H groups in total. The lowest BCUT2D eigenvalue weighted by Gasteiger charge is -2.12. The second kappa shape index (κ2) is 4.24. The van der Waals surface area contributed by atoms with Crippen LogP contribution in [-0.2, 0) is 13.1 Å². The molecule has 0 saturated heterocycles. The molecule has 1 aromatic carbocycles. The van der Waals surface area contributed by atoms with Gasteiger partial charge in [0.15, 0.2) is 11.5 Å². The summed E-state index contributed by atoms with van der Waals surface area (Å²) in [5.41, 5.74) is 1.49. The minimum atomic E-state index is -1.15. The van der Waals surface area contributed by atoms with Crippen LogP contribution in [0.25, 0.3) is 0 Å². The molecular weight excluding hydrogens is 248 g/mol. The Morgan fingerprint density at radius 2 is 2.21 bits per heavy atom. The predicted octanol–water partition coefficient (Wildman–Crippen LogP) is 1.53. The van der Waals surface area contributed by atoms with Gasteiger partial charge in [-0.2, -0.15) is 0 Å². The minimum Gasteiger partial charge on any atom is -0.476 e. The predicted molar refractivity (Wildman–Crippen MR) is 63.5 cm³/mol. The summed E-state index contributed by atoms with van der Waals surface area (Å²) in [5.74, 6) is -0.867. The van der Waals surface area contributed by atoms with Gasteiger partial charge in [-0.05, 0) is 11.6 Å². The molecule has 19 heavy (non-hydrogen) atoms. The van der Waals surface area contributed by atoms with Crippen molar-refractivity contribution < 1.29 is 19.2 Å². The molecule has 0 aliphatic carbocycles. The van der Waals surface area contributed by atoms with Gasteiger partial charge in [0.1, 0.15) is 0 Å². The fraction of sp³-hybridized carbons (Fsp3) is 0.154. The summed E-state index contributed by atoms with van der Waals surface area (Å²) >= 11 is 0. The monoisotopic (exact) mass is 258 g/mol. The summed E-state index contributed by atoms with van der Waals surface area (Å²) in [6.07, 6.45) is 0. The highest BCUT2D eigenvalue weighted by Gasteiger charge is 2.27. The molecule has 0 atom stereocenters. The van der Waals surface area contributed by atoms with E-state index in [1.807, 2.05) is 18.2 Å². The lowest BCUT2D eigenvalue weighted by atomic mass is 10.1. The summed E-state index contributed by atoms with van der Waals surface area (Å²) in [6, 6.07) is 8.71. The Bertz CT molecular complexity index is 662. The molecule has 1 aromatic heterocycles. The maximum Gasteiger partial charge on any atom is 0.358 e. The standard InChI is InChI=1S/C13H10N2O4/c16-12-10-4-2-1-3-8(10)6-15(12)7-9-5-11(13(17)18)14-19-9/h1-5H,6-7H2,(H,17,18). The molecule has 0 saturated carbocycles. The van der Waals surface area contributed by atoms with Gasteiger partial charge in [-0.25, -0.2) is 4.79 Å². The number of benzene rings is 1. The second-order valence-corrected chi connectivity index (χ2v) is 4.30. The smallest absolute Gasteiger partial charge is 0.358 e. The lowest BCUT2D eigenvalue weighted by molar-refractivity contribution is 0.0682. The van der Waals surface area contributed by atoms with E-state index in [4.69, 9.17) is 9.63 Å². The number of aromatic carboxylic acids is 1. The maximum absolute atomic E-state index is 12.1. The van der Waals surface area contributed by atoms with E-state index in [2.05, 4.69) is 5.16 Å². The van der Waals surface area contributed by atoms with Gasteiger partial charge in [-0.15, -0.1) is 0 Å². The second-order valence-electron chi connectivity index (χ2n) is 4.30. The summed E-state index contributed by atoms with van der Waals surface area (Å²) in [7, 11) is 0. The Kier molecular flexibility index (Phi) is 2.56. The van der Waals surface area contributed by atoms with E-state index in [0.717, 1.165) is 5.56 Å². The van der Waals surface area contributed by atoms with Crippen molar-refractivity contribution in [1.82, 2.24) is 10.1 Å². The Hall–Kier alpha value is -2.63. The average Bonchev–Trinajstić information content (AvgIpc) is 2.97. The zero-order valence-corrected chi connectivity index (χ0v) is 9.87. The summed E-state index contributed by atoms with van der Waals surface area (Å²) in [4.78, 5) is 24.4. The van der Waals surface area contributed by atoms with Crippen molar-refractivity contribution in [3.05, 3.63) is 52.9 Å². The van der Waals surface area contributed by atoms with E-state index in [-0.39, 0.29) is 18.1 Å². The number of nitrogens with zero attached hydrogens (tertiary/aromatic N) is 2. The summed E-state index contributed by atoms with van der Waals surface area (Å²) in [6.45, 7) is 0.714. The number of aromatic nitrogens is 1. The van der Waals surface area contributed by atoms with Gasteiger partial charge in [0.25, 0.3) is 5.91 Å². The number of carboxylic acids is 1. The molecule has 2 aromatic rings. The van der Waals surface area contributed by atoms with Crippen molar-refractivity contribution in [2.75, 3.05) is 0 Å². The first-order chi connectivity index (χ1) is 9.15.